The number of halogens is 1. The quantitative estimate of drug-likeness (QED) is 0.726. The van der Waals surface area contributed by atoms with Gasteiger partial charge < -0.3 is 10.7 Å². The summed E-state index contributed by atoms with van der Waals surface area (Å²) in [6, 6.07) is 3.71. The Labute approximate surface area is 79.8 Å². The highest BCUT2D eigenvalue weighted by Crippen LogP contribution is 2.23. The number of imidazole rings is 1. The van der Waals surface area contributed by atoms with E-state index in [2.05, 4.69) is 15.0 Å². The molecule has 0 radical (unpaired) electrons. The average molecular weight is 195 g/mol. The van der Waals surface area contributed by atoms with Crippen LogP contribution in [0, 0.1) is 0 Å². The highest BCUT2D eigenvalue weighted by molar-refractivity contribution is 6.28. The predicted molar refractivity (Wildman–Crippen MR) is 51.2 cm³/mol. The number of aromatic nitrogens is 3. The minimum absolute atomic E-state index is 0.288. The second-order valence-electron chi connectivity index (χ2n) is 2.53. The van der Waals surface area contributed by atoms with Gasteiger partial charge in [-0.25, -0.2) is 4.98 Å². The second kappa shape index (κ2) is 3.06. The van der Waals surface area contributed by atoms with Gasteiger partial charge in [0.2, 0.25) is 5.28 Å². The number of nitrogens with one attached hydrogen (secondary N) is 1. The van der Waals surface area contributed by atoms with Crippen LogP contribution in [-0.2, 0) is 0 Å². The number of hydrogen-bond donors (Lipinski definition) is 2. The maximum atomic E-state index is 5.65. The van der Waals surface area contributed by atoms with Gasteiger partial charge in [0.25, 0.3) is 0 Å². The summed E-state index contributed by atoms with van der Waals surface area (Å²) < 4.78 is 0. The van der Waals surface area contributed by atoms with Gasteiger partial charge in [-0.2, -0.15) is 0 Å². The first-order valence-corrected chi connectivity index (χ1v) is 4.06. The molecular formula is C8H7ClN4. The van der Waals surface area contributed by atoms with E-state index < -0.39 is 0 Å². The van der Waals surface area contributed by atoms with Gasteiger partial charge in [-0.3, -0.25) is 4.98 Å². The van der Waals surface area contributed by atoms with Gasteiger partial charge in [0.15, 0.2) is 5.82 Å². The third kappa shape index (κ3) is 1.48. The fourth-order valence-electron chi connectivity index (χ4n) is 1.09. The van der Waals surface area contributed by atoms with E-state index in [-0.39, 0.29) is 5.28 Å². The van der Waals surface area contributed by atoms with Crippen molar-refractivity contribution >= 4 is 17.4 Å². The maximum Gasteiger partial charge on any atom is 0.202 e. The molecule has 0 saturated heterocycles. The Morgan fingerprint density at radius 1 is 1.46 bits per heavy atom. The molecule has 0 bridgehead atoms. The van der Waals surface area contributed by atoms with Crippen LogP contribution in [0.1, 0.15) is 0 Å². The molecule has 2 aromatic heterocycles. The Kier molecular flexibility index (Phi) is 1.90. The Morgan fingerprint density at radius 2 is 2.31 bits per heavy atom. The summed E-state index contributed by atoms with van der Waals surface area (Å²) in [5, 5.41) is 0.288. The van der Waals surface area contributed by atoms with Crippen LogP contribution in [0.5, 0.6) is 0 Å². The lowest BCUT2D eigenvalue weighted by molar-refractivity contribution is 1.29. The van der Waals surface area contributed by atoms with Crippen molar-refractivity contribution in [2.24, 2.45) is 0 Å². The summed E-state index contributed by atoms with van der Waals surface area (Å²) >= 11 is 5.65. The zero-order valence-electron chi connectivity index (χ0n) is 6.66. The lowest BCUT2D eigenvalue weighted by Gasteiger charge is -1.95. The molecule has 13 heavy (non-hydrogen) atoms. The Morgan fingerprint density at radius 3 is 2.85 bits per heavy atom. The number of nitrogen functional groups attached to an aromatic ring is 1. The van der Waals surface area contributed by atoms with Crippen molar-refractivity contribution in [3.8, 4) is 11.3 Å². The molecule has 0 saturated carbocycles. The van der Waals surface area contributed by atoms with Crippen LogP contribution in [0.3, 0.4) is 0 Å². The van der Waals surface area contributed by atoms with Gasteiger partial charge >= 0.3 is 0 Å². The highest BCUT2D eigenvalue weighted by Gasteiger charge is 2.07. The molecule has 0 aliphatic rings. The summed E-state index contributed by atoms with van der Waals surface area (Å²) in [7, 11) is 0. The minimum Gasteiger partial charge on any atom is -0.382 e. The van der Waals surface area contributed by atoms with Gasteiger partial charge in [0.1, 0.15) is 0 Å². The SMILES string of the molecule is Nc1nc(Cl)[nH]c1-c1cccnc1. The van der Waals surface area contributed by atoms with Crippen LogP contribution in [0.4, 0.5) is 5.82 Å². The third-order valence-corrected chi connectivity index (χ3v) is 1.83. The van der Waals surface area contributed by atoms with E-state index >= 15 is 0 Å². The zero-order valence-corrected chi connectivity index (χ0v) is 7.42. The van der Waals surface area contributed by atoms with Crippen molar-refractivity contribution in [3.63, 3.8) is 0 Å². The van der Waals surface area contributed by atoms with E-state index in [1.54, 1.807) is 12.4 Å². The van der Waals surface area contributed by atoms with E-state index in [4.69, 9.17) is 17.3 Å². The van der Waals surface area contributed by atoms with Crippen molar-refractivity contribution in [2.75, 3.05) is 5.73 Å². The van der Waals surface area contributed by atoms with E-state index in [0.717, 1.165) is 5.56 Å². The van der Waals surface area contributed by atoms with Gasteiger partial charge in [-0.05, 0) is 23.7 Å². The Balaban J connectivity index is 2.53. The molecule has 4 nitrogen and oxygen atoms in total. The van der Waals surface area contributed by atoms with E-state index in [1.165, 1.54) is 0 Å². The van der Waals surface area contributed by atoms with Gasteiger partial charge in [-0.1, -0.05) is 0 Å². The molecule has 5 heteroatoms. The van der Waals surface area contributed by atoms with Crippen molar-refractivity contribution in [2.45, 2.75) is 0 Å². The first kappa shape index (κ1) is 8.07. The molecule has 0 aliphatic heterocycles. The zero-order chi connectivity index (χ0) is 9.26. The summed E-state index contributed by atoms with van der Waals surface area (Å²) in [6.07, 6.45) is 3.39. The van der Waals surface area contributed by atoms with Crippen LogP contribution in [-0.4, -0.2) is 15.0 Å². The van der Waals surface area contributed by atoms with E-state index in [1.807, 2.05) is 12.1 Å². The first-order valence-electron chi connectivity index (χ1n) is 3.69. The van der Waals surface area contributed by atoms with E-state index in [0.29, 0.717) is 11.5 Å². The van der Waals surface area contributed by atoms with Gasteiger partial charge in [0.05, 0.1) is 5.69 Å². The number of hydrogen-bond acceptors (Lipinski definition) is 3. The number of H-pyrrole nitrogens is 1. The molecule has 0 amide bonds. The van der Waals surface area contributed by atoms with Crippen LogP contribution in [0.25, 0.3) is 11.3 Å². The Hall–Kier alpha value is -1.55. The van der Waals surface area contributed by atoms with Crippen molar-refractivity contribution < 1.29 is 0 Å². The second-order valence-corrected chi connectivity index (χ2v) is 2.89. The van der Waals surface area contributed by atoms with Gasteiger partial charge in [0, 0.05) is 18.0 Å². The van der Waals surface area contributed by atoms with Crippen LogP contribution in [0.15, 0.2) is 24.5 Å². The standard InChI is InChI=1S/C8H7ClN4/c9-8-12-6(7(10)13-8)5-2-1-3-11-4-5/h1-4H,10H2,(H,12,13). The largest absolute Gasteiger partial charge is 0.382 e. The molecule has 0 fully saturated rings. The molecule has 2 rings (SSSR count). The highest BCUT2D eigenvalue weighted by atomic mass is 35.5. The molecule has 66 valence electrons. The number of aromatic amines is 1. The smallest absolute Gasteiger partial charge is 0.202 e. The number of anilines is 1. The summed E-state index contributed by atoms with van der Waals surface area (Å²) in [6.45, 7) is 0. The molecule has 0 atom stereocenters. The first-order chi connectivity index (χ1) is 6.27. The van der Waals surface area contributed by atoms with Crippen LogP contribution < -0.4 is 5.73 Å². The summed E-state index contributed by atoms with van der Waals surface area (Å²) in [4.78, 5) is 10.7. The van der Waals surface area contributed by atoms with Crippen molar-refractivity contribution in [3.05, 3.63) is 29.8 Å². The molecule has 0 aliphatic carbocycles. The van der Waals surface area contributed by atoms with Gasteiger partial charge in [-0.15, -0.1) is 0 Å². The number of pyridine rings is 1. The number of nitrogens with two attached hydrogens (primary N) is 1. The minimum atomic E-state index is 0.288. The fourth-order valence-corrected chi connectivity index (χ4v) is 1.27. The summed E-state index contributed by atoms with van der Waals surface area (Å²) in [5.74, 6) is 0.387. The van der Waals surface area contributed by atoms with E-state index in [9.17, 15) is 0 Å². The number of nitrogens with zero attached hydrogens (tertiary/aromatic N) is 2. The molecule has 0 aromatic carbocycles. The monoisotopic (exact) mass is 194 g/mol. The molecule has 0 unspecified atom stereocenters. The molecule has 2 heterocycles. The van der Waals surface area contributed by atoms with Crippen LogP contribution in [0.2, 0.25) is 5.28 Å². The average Bonchev–Trinajstić information content (AvgIpc) is 2.47. The topological polar surface area (TPSA) is 67.6 Å². The maximum absolute atomic E-state index is 5.65. The van der Waals surface area contributed by atoms with Crippen molar-refractivity contribution in [1.29, 1.82) is 0 Å². The lowest BCUT2D eigenvalue weighted by atomic mass is 10.2. The molecule has 2 aromatic rings. The van der Waals surface area contributed by atoms with Crippen LogP contribution >= 0.6 is 11.6 Å². The third-order valence-electron chi connectivity index (χ3n) is 1.65. The summed E-state index contributed by atoms with van der Waals surface area (Å²) in [5.41, 5.74) is 7.20. The molecule has 3 N–H and O–H groups in total. The molecule has 0 spiro atoms. The normalized spacial score (nSPS) is 10.2. The molecular weight excluding hydrogens is 188 g/mol. The fraction of sp³-hybridized carbons (Fsp3) is 0. The number of rotatable bonds is 1. The predicted octanol–water partition coefficient (Wildman–Crippen LogP) is 1.71. The van der Waals surface area contributed by atoms with Crippen molar-refractivity contribution in [1.82, 2.24) is 15.0 Å². The Bertz CT molecular complexity index is 409. The lowest BCUT2D eigenvalue weighted by Crippen LogP contribution is -1.88.